The number of nitrogens with one attached hydrogen (secondary N) is 2. The van der Waals surface area contributed by atoms with Gasteiger partial charge in [-0.2, -0.15) is 5.10 Å². The molecule has 0 radical (unpaired) electrons. The summed E-state index contributed by atoms with van der Waals surface area (Å²) in [4.78, 5) is 4.07. The Bertz CT molecular complexity index is 684. The average Bonchev–Trinajstić information content (AvgIpc) is 3.12. The first-order valence-corrected chi connectivity index (χ1v) is 7.04. The summed E-state index contributed by atoms with van der Waals surface area (Å²) in [6.45, 7) is 4.57. The van der Waals surface area contributed by atoms with Gasteiger partial charge in [-0.1, -0.05) is 24.3 Å². The highest BCUT2D eigenvalue weighted by Gasteiger charge is 2.01. The lowest BCUT2D eigenvalue weighted by atomic mass is 10.1. The summed E-state index contributed by atoms with van der Waals surface area (Å²) in [7, 11) is 0. The van der Waals surface area contributed by atoms with Crippen molar-refractivity contribution in [3.8, 4) is 0 Å². The summed E-state index contributed by atoms with van der Waals surface area (Å²) in [5.41, 5.74) is 4.90. The van der Waals surface area contributed by atoms with Crippen molar-refractivity contribution in [2.24, 2.45) is 0 Å². The van der Waals surface area contributed by atoms with Crippen LogP contribution in [-0.2, 0) is 19.6 Å². The van der Waals surface area contributed by atoms with E-state index >= 15 is 0 Å². The summed E-state index contributed by atoms with van der Waals surface area (Å²) in [5.74, 6) is 0. The molecular formula is C16H19N5. The molecule has 5 nitrogen and oxygen atoms in total. The van der Waals surface area contributed by atoms with Gasteiger partial charge >= 0.3 is 0 Å². The van der Waals surface area contributed by atoms with Crippen LogP contribution in [0.1, 0.15) is 22.4 Å². The van der Waals surface area contributed by atoms with Crippen molar-refractivity contribution in [1.29, 1.82) is 0 Å². The minimum Gasteiger partial charge on any atom is -0.333 e. The minimum absolute atomic E-state index is 0.827. The van der Waals surface area contributed by atoms with Crippen LogP contribution in [0.2, 0.25) is 0 Å². The fourth-order valence-electron chi connectivity index (χ4n) is 2.32. The molecule has 21 heavy (non-hydrogen) atoms. The van der Waals surface area contributed by atoms with Crippen LogP contribution in [0, 0.1) is 6.92 Å². The predicted molar refractivity (Wildman–Crippen MR) is 81.6 cm³/mol. The van der Waals surface area contributed by atoms with E-state index in [1.54, 1.807) is 6.20 Å². The molecule has 0 aliphatic heterocycles. The van der Waals surface area contributed by atoms with Gasteiger partial charge in [0, 0.05) is 43.3 Å². The van der Waals surface area contributed by atoms with Crippen LogP contribution in [0.3, 0.4) is 0 Å². The summed E-state index contributed by atoms with van der Waals surface area (Å²) in [6, 6.07) is 8.62. The molecule has 0 atom stereocenters. The Kier molecular flexibility index (Phi) is 4.12. The van der Waals surface area contributed by atoms with Crippen molar-refractivity contribution in [2.45, 2.75) is 26.6 Å². The molecule has 3 aromatic rings. The van der Waals surface area contributed by atoms with E-state index in [0.29, 0.717) is 0 Å². The Morgan fingerprint density at radius 3 is 2.90 bits per heavy atom. The largest absolute Gasteiger partial charge is 0.333 e. The molecule has 2 aromatic heterocycles. The smallest absolute Gasteiger partial charge is 0.0949 e. The maximum atomic E-state index is 4.07. The number of imidazole rings is 1. The lowest BCUT2D eigenvalue weighted by molar-refractivity contribution is 0.689. The molecule has 5 heteroatoms. The third kappa shape index (κ3) is 3.58. The summed E-state index contributed by atoms with van der Waals surface area (Å²) in [5, 5.41) is 10.4. The van der Waals surface area contributed by atoms with Gasteiger partial charge in [-0.3, -0.25) is 5.10 Å². The van der Waals surface area contributed by atoms with E-state index in [-0.39, 0.29) is 0 Å². The van der Waals surface area contributed by atoms with Gasteiger partial charge in [-0.25, -0.2) is 4.98 Å². The molecule has 0 fully saturated rings. The SMILES string of the molecule is Cc1[nH]ncc1CNCc1cccc(Cn2ccnc2)c1. The molecular weight excluding hydrogens is 262 g/mol. The molecule has 0 bridgehead atoms. The van der Waals surface area contributed by atoms with Crippen molar-refractivity contribution < 1.29 is 0 Å². The van der Waals surface area contributed by atoms with Crippen LogP contribution < -0.4 is 5.32 Å². The van der Waals surface area contributed by atoms with Crippen molar-refractivity contribution in [1.82, 2.24) is 25.1 Å². The predicted octanol–water partition coefficient (Wildman–Crippen LogP) is 2.25. The lowest BCUT2D eigenvalue weighted by Crippen LogP contribution is -2.13. The Hall–Kier alpha value is -2.40. The van der Waals surface area contributed by atoms with Gasteiger partial charge in [-0.05, 0) is 18.1 Å². The van der Waals surface area contributed by atoms with Crippen LogP contribution in [0.4, 0.5) is 0 Å². The molecule has 0 aliphatic rings. The molecule has 1 aromatic carbocycles. The van der Waals surface area contributed by atoms with Gasteiger partial charge in [0.15, 0.2) is 0 Å². The number of aromatic nitrogens is 4. The van der Waals surface area contributed by atoms with Crippen molar-refractivity contribution in [3.63, 3.8) is 0 Å². The highest BCUT2D eigenvalue weighted by Crippen LogP contribution is 2.08. The van der Waals surface area contributed by atoms with E-state index in [1.807, 2.05) is 25.6 Å². The topological polar surface area (TPSA) is 58.5 Å². The summed E-state index contributed by atoms with van der Waals surface area (Å²) < 4.78 is 2.07. The second-order valence-corrected chi connectivity index (χ2v) is 5.18. The van der Waals surface area contributed by atoms with Crippen LogP contribution in [0.25, 0.3) is 0 Å². The monoisotopic (exact) mass is 281 g/mol. The van der Waals surface area contributed by atoms with Crippen molar-refractivity contribution >= 4 is 0 Å². The highest BCUT2D eigenvalue weighted by molar-refractivity contribution is 5.24. The fraction of sp³-hybridized carbons (Fsp3) is 0.250. The molecule has 0 amide bonds. The van der Waals surface area contributed by atoms with Crippen LogP contribution in [-0.4, -0.2) is 19.7 Å². The second-order valence-electron chi connectivity index (χ2n) is 5.18. The third-order valence-corrected chi connectivity index (χ3v) is 3.49. The number of hydrogen-bond acceptors (Lipinski definition) is 3. The minimum atomic E-state index is 0.827. The molecule has 2 N–H and O–H groups in total. The molecule has 0 spiro atoms. The number of aromatic amines is 1. The second kappa shape index (κ2) is 6.37. The molecule has 0 unspecified atom stereocenters. The number of nitrogens with zero attached hydrogens (tertiary/aromatic N) is 3. The third-order valence-electron chi connectivity index (χ3n) is 3.49. The Balaban J connectivity index is 1.57. The normalized spacial score (nSPS) is 10.9. The zero-order chi connectivity index (χ0) is 14.5. The van der Waals surface area contributed by atoms with E-state index < -0.39 is 0 Å². The van der Waals surface area contributed by atoms with Gasteiger partial charge in [0.2, 0.25) is 0 Å². The Morgan fingerprint density at radius 2 is 2.14 bits per heavy atom. The Morgan fingerprint density at radius 1 is 1.24 bits per heavy atom. The highest BCUT2D eigenvalue weighted by atomic mass is 15.1. The summed E-state index contributed by atoms with van der Waals surface area (Å²) in [6.07, 6.45) is 7.50. The van der Waals surface area contributed by atoms with Crippen LogP contribution in [0.5, 0.6) is 0 Å². The molecule has 108 valence electrons. The standard InChI is InChI=1S/C16H19N5/c1-13-16(10-19-20-13)9-18-8-14-3-2-4-15(7-14)11-21-6-5-17-12-21/h2-7,10,12,18H,8-9,11H2,1H3,(H,19,20). The number of H-pyrrole nitrogens is 1. The van der Waals surface area contributed by atoms with E-state index in [0.717, 1.165) is 25.3 Å². The van der Waals surface area contributed by atoms with E-state index in [9.17, 15) is 0 Å². The van der Waals surface area contributed by atoms with Gasteiger partial charge in [0.1, 0.15) is 0 Å². The van der Waals surface area contributed by atoms with Gasteiger partial charge in [0.05, 0.1) is 12.5 Å². The van der Waals surface area contributed by atoms with Crippen molar-refractivity contribution in [3.05, 3.63) is 71.6 Å². The molecule has 3 rings (SSSR count). The zero-order valence-corrected chi connectivity index (χ0v) is 12.1. The maximum absolute atomic E-state index is 4.07. The molecule has 2 heterocycles. The zero-order valence-electron chi connectivity index (χ0n) is 12.1. The maximum Gasteiger partial charge on any atom is 0.0949 e. The number of hydrogen-bond donors (Lipinski definition) is 2. The number of benzene rings is 1. The average molecular weight is 281 g/mol. The van der Waals surface area contributed by atoms with Crippen LogP contribution >= 0.6 is 0 Å². The number of aryl methyl sites for hydroxylation is 1. The summed E-state index contributed by atoms with van der Waals surface area (Å²) >= 11 is 0. The first-order valence-electron chi connectivity index (χ1n) is 7.04. The Labute approximate surface area is 124 Å². The van der Waals surface area contributed by atoms with E-state index in [1.165, 1.54) is 16.7 Å². The molecule has 0 aliphatic carbocycles. The van der Waals surface area contributed by atoms with E-state index in [2.05, 4.69) is 49.3 Å². The van der Waals surface area contributed by atoms with Crippen LogP contribution in [0.15, 0.2) is 49.2 Å². The number of rotatable bonds is 6. The first kappa shape index (κ1) is 13.6. The fourth-order valence-corrected chi connectivity index (χ4v) is 2.32. The lowest BCUT2D eigenvalue weighted by Gasteiger charge is -2.07. The van der Waals surface area contributed by atoms with Gasteiger partial charge in [0.25, 0.3) is 0 Å². The van der Waals surface area contributed by atoms with Gasteiger partial charge < -0.3 is 9.88 Å². The molecule has 0 saturated heterocycles. The van der Waals surface area contributed by atoms with Gasteiger partial charge in [-0.15, -0.1) is 0 Å². The van der Waals surface area contributed by atoms with Crippen molar-refractivity contribution in [2.75, 3.05) is 0 Å². The first-order chi connectivity index (χ1) is 10.3. The van der Waals surface area contributed by atoms with E-state index in [4.69, 9.17) is 0 Å². The molecule has 0 saturated carbocycles. The quantitative estimate of drug-likeness (QED) is 0.728.